The fraction of sp³-hybridized carbons (Fsp3) is 0.364. The maximum absolute atomic E-state index is 13.3. The van der Waals surface area contributed by atoms with Crippen molar-refractivity contribution in [2.75, 3.05) is 11.4 Å². The van der Waals surface area contributed by atoms with Gasteiger partial charge in [0.15, 0.2) is 5.16 Å². The molecule has 1 fully saturated rings. The van der Waals surface area contributed by atoms with Crippen LogP contribution in [-0.2, 0) is 11.2 Å². The number of hydrogen-bond donors (Lipinski definition) is 0. The molecule has 0 radical (unpaired) electrons. The number of nitrogens with zero attached hydrogens (tertiary/aromatic N) is 5. The third-order valence-corrected chi connectivity index (χ3v) is 6.89. The van der Waals surface area contributed by atoms with Crippen molar-refractivity contribution >= 4 is 34.7 Å². The van der Waals surface area contributed by atoms with E-state index in [0.29, 0.717) is 19.0 Å². The summed E-state index contributed by atoms with van der Waals surface area (Å²) in [6.07, 6.45) is 3.32. The van der Waals surface area contributed by atoms with Gasteiger partial charge in [0.2, 0.25) is 5.91 Å². The minimum atomic E-state index is -0.333. The summed E-state index contributed by atoms with van der Waals surface area (Å²) in [6.45, 7) is 2.28. The van der Waals surface area contributed by atoms with Gasteiger partial charge in [0.1, 0.15) is 5.82 Å². The summed E-state index contributed by atoms with van der Waals surface area (Å²) < 4.78 is 2.22. The van der Waals surface area contributed by atoms with Gasteiger partial charge >= 0.3 is 0 Å². The number of para-hydroxylation sites is 1. The Morgan fingerprint density at radius 3 is 2.77 bits per heavy atom. The van der Waals surface area contributed by atoms with E-state index in [1.165, 1.54) is 16.6 Å². The fourth-order valence-electron chi connectivity index (χ4n) is 3.34. The van der Waals surface area contributed by atoms with Crippen LogP contribution in [0.5, 0.6) is 0 Å². The van der Waals surface area contributed by atoms with Crippen LogP contribution in [0.4, 0.5) is 5.69 Å². The van der Waals surface area contributed by atoms with E-state index in [9.17, 15) is 4.79 Å². The largest absolute Gasteiger partial charge is 0.310 e. The Kier molecular flexibility index (Phi) is 6.50. The lowest BCUT2D eigenvalue weighted by Crippen LogP contribution is -2.37. The minimum Gasteiger partial charge on any atom is -0.310 e. The quantitative estimate of drug-likeness (QED) is 0.454. The summed E-state index contributed by atoms with van der Waals surface area (Å²) in [5.74, 6) is 0.943. The lowest BCUT2D eigenvalue weighted by atomic mass is 10.2. The zero-order valence-electron chi connectivity index (χ0n) is 16.8. The van der Waals surface area contributed by atoms with Crippen LogP contribution in [0.1, 0.15) is 42.9 Å². The van der Waals surface area contributed by atoms with Gasteiger partial charge in [0.05, 0.1) is 17.7 Å². The number of amides is 1. The summed E-state index contributed by atoms with van der Waals surface area (Å²) in [6, 6.07) is 16.3. The summed E-state index contributed by atoms with van der Waals surface area (Å²) >= 11 is 3.18. The molecule has 1 saturated carbocycles. The first-order chi connectivity index (χ1) is 14.7. The van der Waals surface area contributed by atoms with Crippen LogP contribution in [-0.4, -0.2) is 32.5 Å². The molecule has 4 rings (SSSR count). The van der Waals surface area contributed by atoms with Gasteiger partial charge in [0, 0.05) is 29.6 Å². The zero-order chi connectivity index (χ0) is 20.9. The fourth-order valence-corrected chi connectivity index (χ4v) is 5.04. The first-order valence-corrected chi connectivity index (χ1v) is 11.8. The maximum atomic E-state index is 13.3. The van der Waals surface area contributed by atoms with Crippen LogP contribution in [0.25, 0.3) is 0 Å². The number of carbonyl (C=O) groups excluding carboxylic acids is 1. The van der Waals surface area contributed by atoms with Gasteiger partial charge in [-0.2, -0.15) is 5.26 Å². The molecule has 0 aliphatic heterocycles. The first-order valence-electron chi connectivity index (χ1n) is 10.0. The van der Waals surface area contributed by atoms with Crippen LogP contribution in [0, 0.1) is 11.3 Å². The van der Waals surface area contributed by atoms with E-state index in [0.717, 1.165) is 35.9 Å². The van der Waals surface area contributed by atoms with E-state index in [-0.39, 0.29) is 11.2 Å². The molecular formula is C22H23N5OS2. The van der Waals surface area contributed by atoms with Crippen LogP contribution in [0.2, 0.25) is 0 Å². The number of benzene rings is 1. The highest BCUT2D eigenvalue weighted by atomic mass is 32.2. The molecule has 0 bridgehead atoms. The normalized spacial score (nSPS) is 14.3. The molecule has 0 N–H and O–H groups in total. The first kappa shape index (κ1) is 20.6. The van der Waals surface area contributed by atoms with Gasteiger partial charge < -0.3 is 9.47 Å². The second-order valence-electron chi connectivity index (χ2n) is 7.25. The van der Waals surface area contributed by atoms with Gasteiger partial charge in [-0.15, -0.1) is 21.5 Å². The van der Waals surface area contributed by atoms with Crippen molar-refractivity contribution in [2.24, 2.45) is 0 Å². The van der Waals surface area contributed by atoms with Crippen molar-refractivity contribution in [1.29, 1.82) is 5.26 Å². The highest BCUT2D eigenvalue weighted by molar-refractivity contribution is 8.00. The number of rotatable bonds is 9. The second-order valence-corrected chi connectivity index (χ2v) is 9.59. The third-order valence-electron chi connectivity index (χ3n) is 4.97. The Bertz CT molecular complexity index is 1020. The Labute approximate surface area is 184 Å². The second kappa shape index (κ2) is 9.45. The lowest BCUT2D eigenvalue weighted by molar-refractivity contribution is -0.117. The summed E-state index contributed by atoms with van der Waals surface area (Å²) in [5, 5.41) is 20.4. The molecule has 30 heavy (non-hydrogen) atoms. The van der Waals surface area contributed by atoms with Crippen LogP contribution in [0.3, 0.4) is 0 Å². The lowest BCUT2D eigenvalue weighted by Gasteiger charge is -2.25. The predicted octanol–water partition coefficient (Wildman–Crippen LogP) is 4.69. The highest BCUT2D eigenvalue weighted by Gasteiger charge is 2.32. The predicted molar refractivity (Wildman–Crippen MR) is 120 cm³/mol. The van der Waals surface area contributed by atoms with E-state index in [1.54, 1.807) is 16.2 Å². The SMILES string of the molecule is CC(Sc1nnc(Cc2cccs2)n1C1CC1)C(=O)N(CCC#N)c1ccccc1. The maximum Gasteiger partial charge on any atom is 0.240 e. The monoisotopic (exact) mass is 437 g/mol. The van der Waals surface area contributed by atoms with Gasteiger partial charge in [-0.25, -0.2) is 0 Å². The molecular weight excluding hydrogens is 414 g/mol. The van der Waals surface area contributed by atoms with Crippen molar-refractivity contribution in [2.45, 2.75) is 49.1 Å². The number of nitriles is 1. The molecule has 6 nitrogen and oxygen atoms in total. The number of thiophene rings is 1. The van der Waals surface area contributed by atoms with Crippen LogP contribution in [0.15, 0.2) is 53.0 Å². The summed E-state index contributed by atoms with van der Waals surface area (Å²) in [7, 11) is 0. The average Bonchev–Trinajstić information content (AvgIpc) is 3.32. The molecule has 154 valence electrons. The van der Waals surface area contributed by atoms with Gasteiger partial charge in [-0.3, -0.25) is 4.79 Å². The Hall–Kier alpha value is -2.63. The van der Waals surface area contributed by atoms with Crippen LogP contribution >= 0.6 is 23.1 Å². The number of carbonyl (C=O) groups is 1. The molecule has 1 aromatic carbocycles. The van der Waals surface area contributed by atoms with Crippen molar-refractivity contribution in [3.63, 3.8) is 0 Å². The molecule has 1 atom stereocenters. The van der Waals surface area contributed by atoms with E-state index < -0.39 is 0 Å². The molecule has 2 aromatic heterocycles. The Balaban J connectivity index is 1.52. The molecule has 2 heterocycles. The standard InChI is InChI=1S/C22H23N5OS2/c1-16(21(28)26(13-6-12-23)17-7-3-2-4-8-17)30-22-25-24-20(27(22)18-10-11-18)15-19-9-5-14-29-19/h2-5,7-9,14,16,18H,6,10-11,13,15H2,1H3. The van der Waals surface area contributed by atoms with Gasteiger partial charge in [-0.1, -0.05) is 36.0 Å². The Morgan fingerprint density at radius 1 is 1.30 bits per heavy atom. The summed E-state index contributed by atoms with van der Waals surface area (Å²) in [5.41, 5.74) is 0.812. The third kappa shape index (κ3) is 4.74. The van der Waals surface area contributed by atoms with E-state index in [2.05, 4.69) is 32.3 Å². The van der Waals surface area contributed by atoms with Crippen molar-refractivity contribution in [1.82, 2.24) is 14.8 Å². The number of anilines is 1. The van der Waals surface area contributed by atoms with Crippen molar-refractivity contribution < 1.29 is 4.79 Å². The molecule has 8 heteroatoms. The Morgan fingerprint density at radius 2 is 2.10 bits per heavy atom. The van der Waals surface area contributed by atoms with Crippen molar-refractivity contribution in [3.05, 3.63) is 58.5 Å². The summed E-state index contributed by atoms with van der Waals surface area (Å²) in [4.78, 5) is 16.2. The highest BCUT2D eigenvalue weighted by Crippen LogP contribution is 2.40. The molecule has 3 aromatic rings. The van der Waals surface area contributed by atoms with E-state index in [4.69, 9.17) is 5.26 Å². The topological polar surface area (TPSA) is 74.8 Å². The van der Waals surface area contributed by atoms with E-state index in [1.807, 2.05) is 43.3 Å². The van der Waals surface area contributed by atoms with Gasteiger partial charge in [-0.05, 0) is 43.3 Å². The minimum absolute atomic E-state index is 0.0217. The molecule has 0 spiro atoms. The van der Waals surface area contributed by atoms with Crippen molar-refractivity contribution in [3.8, 4) is 6.07 Å². The van der Waals surface area contributed by atoms with Gasteiger partial charge in [0.25, 0.3) is 0 Å². The van der Waals surface area contributed by atoms with E-state index >= 15 is 0 Å². The molecule has 1 aliphatic carbocycles. The average molecular weight is 438 g/mol. The number of thioether (sulfide) groups is 1. The zero-order valence-corrected chi connectivity index (χ0v) is 18.4. The molecule has 1 aliphatic rings. The molecule has 1 amide bonds. The number of aromatic nitrogens is 3. The molecule has 1 unspecified atom stereocenters. The molecule has 0 saturated heterocycles. The smallest absolute Gasteiger partial charge is 0.240 e. The van der Waals surface area contributed by atoms with Crippen LogP contribution < -0.4 is 4.90 Å². The number of hydrogen-bond acceptors (Lipinski definition) is 6.